The van der Waals surface area contributed by atoms with Gasteiger partial charge in [-0.15, -0.1) is 0 Å². The zero-order chi connectivity index (χ0) is 21.0. The second kappa shape index (κ2) is 9.38. The maximum atomic E-state index is 13.3. The fourth-order valence-electron chi connectivity index (χ4n) is 3.19. The first-order chi connectivity index (χ1) is 13.8. The van der Waals surface area contributed by atoms with Crippen molar-refractivity contribution in [3.63, 3.8) is 0 Å². The van der Waals surface area contributed by atoms with Crippen molar-refractivity contribution in [1.82, 2.24) is 14.1 Å². The van der Waals surface area contributed by atoms with Gasteiger partial charge in [-0.05, 0) is 43.8 Å². The number of sulfonamides is 1. The van der Waals surface area contributed by atoms with Crippen molar-refractivity contribution in [2.45, 2.75) is 18.4 Å². The van der Waals surface area contributed by atoms with Crippen molar-refractivity contribution in [1.29, 1.82) is 0 Å². The van der Waals surface area contributed by atoms with Crippen LogP contribution < -0.4 is 0 Å². The number of halogens is 1. The molecule has 0 aromatic heterocycles. The van der Waals surface area contributed by atoms with Crippen LogP contribution in [-0.4, -0.2) is 68.2 Å². The lowest BCUT2D eigenvalue weighted by atomic mass is 10.2. The Morgan fingerprint density at radius 2 is 1.59 bits per heavy atom. The highest BCUT2D eigenvalue weighted by atomic mass is 79.9. The van der Waals surface area contributed by atoms with Crippen LogP contribution >= 0.6 is 15.9 Å². The summed E-state index contributed by atoms with van der Waals surface area (Å²) in [6.45, 7) is 4.70. The lowest BCUT2D eigenvalue weighted by molar-refractivity contribution is -0.133. The maximum Gasteiger partial charge on any atom is 0.243 e. The van der Waals surface area contributed by atoms with Gasteiger partial charge in [0.1, 0.15) is 0 Å². The molecule has 3 rings (SSSR count). The molecule has 1 amide bonds. The highest BCUT2D eigenvalue weighted by Gasteiger charge is 2.29. The molecule has 0 bridgehead atoms. The Bertz CT molecular complexity index is 938. The van der Waals surface area contributed by atoms with Gasteiger partial charge in [-0.25, -0.2) is 8.42 Å². The number of nitrogens with zero attached hydrogens (tertiary/aromatic N) is 3. The predicted octanol–water partition coefficient (Wildman–Crippen LogP) is 2.72. The van der Waals surface area contributed by atoms with E-state index in [9.17, 15) is 13.2 Å². The Labute approximate surface area is 181 Å². The van der Waals surface area contributed by atoms with Crippen molar-refractivity contribution >= 4 is 31.9 Å². The summed E-state index contributed by atoms with van der Waals surface area (Å²) in [7, 11) is -1.79. The van der Waals surface area contributed by atoms with Crippen LogP contribution in [0.15, 0.2) is 57.9 Å². The number of hydrogen-bond acceptors (Lipinski definition) is 4. The van der Waals surface area contributed by atoms with Crippen molar-refractivity contribution in [2.75, 3.05) is 39.8 Å². The van der Waals surface area contributed by atoms with E-state index in [4.69, 9.17) is 0 Å². The zero-order valence-electron chi connectivity index (χ0n) is 16.7. The lowest BCUT2D eigenvalue weighted by Crippen LogP contribution is -2.50. The standard InChI is InChI=1S/C21H26BrN3O3S/c1-17-3-9-20(10-4-17)29(27,28)25(15-18-5-7-19(22)8-6-18)16-21(26)24-13-11-23(2)12-14-24/h3-10H,11-16H2,1-2H3. The summed E-state index contributed by atoms with van der Waals surface area (Å²) in [4.78, 5) is 17.0. The second-order valence-electron chi connectivity index (χ2n) is 7.40. The monoisotopic (exact) mass is 479 g/mol. The largest absolute Gasteiger partial charge is 0.339 e. The lowest BCUT2D eigenvalue weighted by Gasteiger charge is -2.33. The van der Waals surface area contributed by atoms with E-state index in [2.05, 4.69) is 20.8 Å². The molecule has 8 heteroatoms. The average Bonchev–Trinajstić information content (AvgIpc) is 2.70. The van der Waals surface area contributed by atoms with E-state index < -0.39 is 10.0 Å². The number of amides is 1. The second-order valence-corrected chi connectivity index (χ2v) is 10.3. The van der Waals surface area contributed by atoms with E-state index in [1.807, 2.05) is 38.2 Å². The number of aryl methyl sites for hydroxylation is 1. The molecule has 6 nitrogen and oxygen atoms in total. The van der Waals surface area contributed by atoms with E-state index in [1.165, 1.54) is 4.31 Å². The maximum absolute atomic E-state index is 13.3. The molecule has 0 saturated carbocycles. The first-order valence-electron chi connectivity index (χ1n) is 9.53. The van der Waals surface area contributed by atoms with Gasteiger partial charge in [0.05, 0.1) is 11.4 Å². The van der Waals surface area contributed by atoms with Crippen LogP contribution in [0.1, 0.15) is 11.1 Å². The van der Waals surface area contributed by atoms with Gasteiger partial charge in [-0.3, -0.25) is 4.79 Å². The summed E-state index contributed by atoms with van der Waals surface area (Å²) in [5.41, 5.74) is 1.81. The van der Waals surface area contributed by atoms with Gasteiger partial charge in [0.15, 0.2) is 0 Å². The molecule has 1 fully saturated rings. The van der Waals surface area contributed by atoms with Crippen LogP contribution in [0.2, 0.25) is 0 Å². The third-order valence-electron chi connectivity index (χ3n) is 5.10. The molecule has 156 valence electrons. The van der Waals surface area contributed by atoms with E-state index in [0.29, 0.717) is 13.1 Å². The summed E-state index contributed by atoms with van der Waals surface area (Å²) in [5.74, 6) is -0.161. The smallest absolute Gasteiger partial charge is 0.243 e. The molecule has 1 aliphatic heterocycles. The summed E-state index contributed by atoms with van der Waals surface area (Å²) in [6, 6.07) is 14.2. The molecular formula is C21H26BrN3O3S. The molecule has 2 aromatic carbocycles. The molecule has 29 heavy (non-hydrogen) atoms. The minimum absolute atomic E-state index is 0.142. The van der Waals surface area contributed by atoms with Crippen molar-refractivity contribution in [3.8, 4) is 0 Å². The SMILES string of the molecule is Cc1ccc(S(=O)(=O)N(CC(=O)N2CCN(C)CC2)Cc2ccc(Br)cc2)cc1. The highest BCUT2D eigenvalue weighted by molar-refractivity contribution is 9.10. The van der Waals surface area contributed by atoms with Crippen LogP contribution in [0.4, 0.5) is 0 Å². The number of benzene rings is 2. The predicted molar refractivity (Wildman–Crippen MR) is 117 cm³/mol. The van der Waals surface area contributed by atoms with Crippen LogP contribution in [0.25, 0.3) is 0 Å². The van der Waals surface area contributed by atoms with Gasteiger partial charge in [0, 0.05) is 37.2 Å². The number of hydrogen-bond donors (Lipinski definition) is 0. The quantitative estimate of drug-likeness (QED) is 0.638. The molecule has 1 heterocycles. The van der Waals surface area contributed by atoms with Gasteiger partial charge in [-0.2, -0.15) is 4.31 Å². The Morgan fingerprint density at radius 1 is 1.00 bits per heavy atom. The number of piperazine rings is 1. The molecular weight excluding hydrogens is 454 g/mol. The molecule has 1 aliphatic rings. The van der Waals surface area contributed by atoms with E-state index >= 15 is 0 Å². The van der Waals surface area contributed by atoms with Crippen molar-refractivity contribution in [2.24, 2.45) is 0 Å². The molecule has 2 aromatic rings. The minimum atomic E-state index is -3.81. The first-order valence-corrected chi connectivity index (χ1v) is 11.8. The minimum Gasteiger partial charge on any atom is -0.339 e. The summed E-state index contributed by atoms with van der Waals surface area (Å²) < 4.78 is 28.8. The first kappa shape index (κ1) is 22.0. The molecule has 0 atom stereocenters. The Hall–Kier alpha value is -1.74. The van der Waals surface area contributed by atoms with Crippen LogP contribution in [-0.2, 0) is 21.4 Å². The molecule has 0 radical (unpaired) electrons. The summed E-state index contributed by atoms with van der Waals surface area (Å²) >= 11 is 3.40. The molecule has 0 spiro atoms. The number of carbonyl (C=O) groups excluding carboxylic acids is 1. The number of carbonyl (C=O) groups is 1. The summed E-state index contributed by atoms with van der Waals surface area (Å²) in [5, 5.41) is 0. The third kappa shape index (κ3) is 5.66. The average molecular weight is 480 g/mol. The highest BCUT2D eigenvalue weighted by Crippen LogP contribution is 2.20. The molecule has 0 aliphatic carbocycles. The van der Waals surface area contributed by atoms with Gasteiger partial charge < -0.3 is 9.80 Å². The van der Waals surface area contributed by atoms with Crippen LogP contribution in [0.5, 0.6) is 0 Å². The van der Waals surface area contributed by atoms with Gasteiger partial charge in [0.2, 0.25) is 15.9 Å². The van der Waals surface area contributed by atoms with Gasteiger partial charge in [0.25, 0.3) is 0 Å². The topological polar surface area (TPSA) is 60.9 Å². The molecule has 0 unspecified atom stereocenters. The third-order valence-corrected chi connectivity index (χ3v) is 7.43. The van der Waals surface area contributed by atoms with E-state index in [1.54, 1.807) is 29.2 Å². The van der Waals surface area contributed by atoms with Gasteiger partial charge >= 0.3 is 0 Å². The van der Waals surface area contributed by atoms with Crippen molar-refractivity contribution in [3.05, 3.63) is 64.1 Å². The number of rotatable bonds is 6. The zero-order valence-corrected chi connectivity index (χ0v) is 19.1. The van der Waals surface area contributed by atoms with Crippen LogP contribution in [0, 0.1) is 6.92 Å². The van der Waals surface area contributed by atoms with Gasteiger partial charge in [-0.1, -0.05) is 45.8 Å². The number of likely N-dealkylation sites (N-methyl/N-ethyl adjacent to an activating group) is 1. The fourth-order valence-corrected chi connectivity index (χ4v) is 4.83. The molecule has 0 N–H and O–H groups in total. The molecule has 1 saturated heterocycles. The van der Waals surface area contributed by atoms with Crippen molar-refractivity contribution < 1.29 is 13.2 Å². The van der Waals surface area contributed by atoms with Crippen LogP contribution in [0.3, 0.4) is 0 Å². The van der Waals surface area contributed by atoms with E-state index in [-0.39, 0.29) is 23.9 Å². The Kier molecular flexibility index (Phi) is 7.10. The summed E-state index contributed by atoms with van der Waals surface area (Å²) in [6.07, 6.45) is 0. The Morgan fingerprint density at radius 3 is 2.17 bits per heavy atom. The fraction of sp³-hybridized carbons (Fsp3) is 0.381. The Balaban J connectivity index is 1.85. The normalized spacial score (nSPS) is 15.7. The van der Waals surface area contributed by atoms with E-state index in [0.717, 1.165) is 28.7 Å².